The second kappa shape index (κ2) is 7.62. The van der Waals surface area contributed by atoms with Crippen molar-refractivity contribution in [3.05, 3.63) is 22.4 Å². The minimum atomic E-state index is -0.420. The fourth-order valence-corrected chi connectivity index (χ4v) is 2.77. The molecule has 5 heteroatoms. The lowest BCUT2D eigenvalue weighted by Crippen LogP contribution is -2.46. The van der Waals surface area contributed by atoms with Crippen LogP contribution in [0.2, 0.25) is 0 Å². The fourth-order valence-electron chi connectivity index (χ4n) is 1.85. The summed E-state index contributed by atoms with van der Waals surface area (Å²) in [5, 5.41) is 5.02. The van der Waals surface area contributed by atoms with E-state index in [1.807, 2.05) is 34.0 Å². The Balaban J connectivity index is 2.56. The zero-order valence-electron chi connectivity index (χ0n) is 12.2. The molecule has 0 saturated heterocycles. The maximum atomic E-state index is 12.0. The zero-order chi connectivity index (χ0) is 14.4. The van der Waals surface area contributed by atoms with Crippen LogP contribution < -0.4 is 11.1 Å². The average molecular weight is 283 g/mol. The number of amides is 1. The highest BCUT2D eigenvalue weighted by Gasteiger charge is 2.21. The van der Waals surface area contributed by atoms with E-state index in [0.717, 1.165) is 6.42 Å². The van der Waals surface area contributed by atoms with Gasteiger partial charge in [-0.2, -0.15) is 0 Å². The highest BCUT2D eigenvalue weighted by Crippen LogP contribution is 2.22. The Morgan fingerprint density at radius 3 is 2.68 bits per heavy atom. The molecular weight excluding hydrogens is 258 g/mol. The van der Waals surface area contributed by atoms with Gasteiger partial charge in [-0.3, -0.25) is 4.79 Å². The number of carbonyl (C=O) groups excluding carboxylic acids is 1. The zero-order valence-corrected chi connectivity index (χ0v) is 13.0. The highest BCUT2D eigenvalue weighted by atomic mass is 32.1. The van der Waals surface area contributed by atoms with Gasteiger partial charge in [0.25, 0.3) is 0 Å². The predicted octanol–water partition coefficient (Wildman–Crippen LogP) is 1.84. The van der Waals surface area contributed by atoms with E-state index in [2.05, 4.69) is 21.7 Å². The number of nitrogens with zero attached hydrogens (tertiary/aromatic N) is 1. The molecule has 1 heterocycles. The largest absolute Gasteiger partial charge is 0.353 e. The van der Waals surface area contributed by atoms with Crippen molar-refractivity contribution in [2.45, 2.75) is 32.4 Å². The van der Waals surface area contributed by atoms with Crippen LogP contribution in [0, 0.1) is 5.92 Å². The van der Waals surface area contributed by atoms with Crippen molar-refractivity contribution in [1.29, 1.82) is 0 Å². The third-order valence-electron chi connectivity index (χ3n) is 3.52. The van der Waals surface area contributed by atoms with Crippen molar-refractivity contribution in [1.82, 2.24) is 10.2 Å². The lowest BCUT2D eigenvalue weighted by atomic mass is 9.99. The molecule has 0 fully saturated rings. The SMILES string of the molecule is CCC(C)C(N)C(=O)NCC(c1cccs1)N(C)C. The molecule has 0 bridgehead atoms. The minimum absolute atomic E-state index is 0.0576. The molecule has 1 aromatic rings. The number of hydrogen-bond donors (Lipinski definition) is 2. The van der Waals surface area contributed by atoms with Crippen LogP contribution in [0.25, 0.3) is 0 Å². The third-order valence-corrected chi connectivity index (χ3v) is 4.50. The van der Waals surface area contributed by atoms with Crippen molar-refractivity contribution < 1.29 is 4.79 Å². The van der Waals surface area contributed by atoms with Gasteiger partial charge in [-0.05, 0) is 31.5 Å². The number of thiophene rings is 1. The van der Waals surface area contributed by atoms with Gasteiger partial charge < -0.3 is 16.0 Å². The second-order valence-electron chi connectivity index (χ2n) is 5.15. The molecule has 19 heavy (non-hydrogen) atoms. The van der Waals surface area contributed by atoms with Gasteiger partial charge in [-0.1, -0.05) is 26.3 Å². The molecule has 1 rings (SSSR count). The Morgan fingerprint density at radius 1 is 1.53 bits per heavy atom. The van der Waals surface area contributed by atoms with Crippen LogP contribution in [0.1, 0.15) is 31.2 Å². The van der Waals surface area contributed by atoms with E-state index in [1.54, 1.807) is 11.3 Å². The lowest BCUT2D eigenvalue weighted by molar-refractivity contribution is -0.123. The molecule has 0 aliphatic carbocycles. The number of rotatable bonds is 7. The molecular formula is C14H25N3OS. The first-order valence-electron chi connectivity index (χ1n) is 6.70. The summed E-state index contributed by atoms with van der Waals surface area (Å²) in [6.45, 7) is 4.65. The lowest BCUT2D eigenvalue weighted by Gasteiger charge is -2.25. The van der Waals surface area contributed by atoms with Crippen molar-refractivity contribution in [2.75, 3.05) is 20.6 Å². The maximum Gasteiger partial charge on any atom is 0.237 e. The quantitative estimate of drug-likeness (QED) is 0.803. The molecule has 4 nitrogen and oxygen atoms in total. The first-order valence-corrected chi connectivity index (χ1v) is 7.58. The molecule has 3 N–H and O–H groups in total. The van der Waals surface area contributed by atoms with Crippen molar-refractivity contribution in [3.8, 4) is 0 Å². The van der Waals surface area contributed by atoms with Crippen LogP contribution in [-0.2, 0) is 4.79 Å². The Morgan fingerprint density at radius 2 is 2.21 bits per heavy atom. The Hall–Kier alpha value is -0.910. The summed E-state index contributed by atoms with van der Waals surface area (Å²) < 4.78 is 0. The summed E-state index contributed by atoms with van der Waals surface area (Å²) in [5.74, 6) is 0.150. The Bertz CT molecular complexity index is 378. The Kier molecular flexibility index (Phi) is 6.48. The molecule has 0 radical (unpaired) electrons. The first-order chi connectivity index (χ1) is 8.97. The van der Waals surface area contributed by atoms with Gasteiger partial charge in [0.15, 0.2) is 0 Å². The summed E-state index contributed by atoms with van der Waals surface area (Å²) in [7, 11) is 4.04. The molecule has 1 amide bonds. The second-order valence-corrected chi connectivity index (χ2v) is 6.13. The van der Waals surface area contributed by atoms with Gasteiger partial charge >= 0.3 is 0 Å². The highest BCUT2D eigenvalue weighted by molar-refractivity contribution is 7.10. The fraction of sp³-hybridized carbons (Fsp3) is 0.643. The van der Waals surface area contributed by atoms with E-state index in [4.69, 9.17) is 5.73 Å². The van der Waals surface area contributed by atoms with Crippen LogP contribution in [0.4, 0.5) is 0 Å². The first kappa shape index (κ1) is 16.1. The normalized spacial score (nSPS) is 16.1. The summed E-state index contributed by atoms with van der Waals surface area (Å²) in [6.07, 6.45) is 0.913. The van der Waals surface area contributed by atoms with Gasteiger partial charge in [-0.15, -0.1) is 11.3 Å². The van der Waals surface area contributed by atoms with Crippen LogP contribution >= 0.6 is 11.3 Å². The summed E-state index contributed by atoms with van der Waals surface area (Å²) in [5.41, 5.74) is 5.93. The van der Waals surface area contributed by atoms with E-state index >= 15 is 0 Å². The van der Waals surface area contributed by atoms with E-state index in [0.29, 0.717) is 6.54 Å². The minimum Gasteiger partial charge on any atom is -0.353 e. The predicted molar refractivity (Wildman–Crippen MR) is 81.2 cm³/mol. The van der Waals surface area contributed by atoms with Crippen LogP contribution in [-0.4, -0.2) is 37.5 Å². The molecule has 0 spiro atoms. The maximum absolute atomic E-state index is 12.0. The number of carbonyl (C=O) groups is 1. The molecule has 0 aromatic carbocycles. The third kappa shape index (κ3) is 4.60. The molecule has 1 aromatic heterocycles. The molecule has 3 unspecified atom stereocenters. The van der Waals surface area contributed by atoms with Gasteiger partial charge in [0.1, 0.15) is 0 Å². The topological polar surface area (TPSA) is 58.4 Å². The number of hydrogen-bond acceptors (Lipinski definition) is 4. The number of likely N-dealkylation sites (N-methyl/N-ethyl adjacent to an activating group) is 1. The summed E-state index contributed by atoms with van der Waals surface area (Å²) in [4.78, 5) is 15.4. The van der Waals surface area contributed by atoms with Crippen molar-refractivity contribution >= 4 is 17.2 Å². The van der Waals surface area contributed by atoms with E-state index < -0.39 is 6.04 Å². The molecule has 0 aliphatic heterocycles. The molecule has 3 atom stereocenters. The summed E-state index contributed by atoms with van der Waals surface area (Å²) in [6, 6.07) is 3.91. The van der Waals surface area contributed by atoms with Crippen molar-refractivity contribution in [3.63, 3.8) is 0 Å². The Labute approximate surface area is 120 Å². The average Bonchev–Trinajstić information content (AvgIpc) is 2.90. The van der Waals surface area contributed by atoms with E-state index in [1.165, 1.54) is 4.88 Å². The van der Waals surface area contributed by atoms with Gasteiger partial charge in [0.2, 0.25) is 5.91 Å². The standard InChI is InChI=1S/C14H25N3OS/c1-5-10(2)13(15)14(18)16-9-11(17(3)4)12-7-6-8-19-12/h6-8,10-11,13H,5,9,15H2,1-4H3,(H,16,18). The smallest absolute Gasteiger partial charge is 0.237 e. The van der Waals surface area contributed by atoms with Gasteiger partial charge in [0.05, 0.1) is 12.1 Å². The summed E-state index contributed by atoms with van der Waals surface area (Å²) >= 11 is 1.71. The van der Waals surface area contributed by atoms with Crippen LogP contribution in [0.15, 0.2) is 17.5 Å². The van der Waals surface area contributed by atoms with Gasteiger partial charge in [-0.25, -0.2) is 0 Å². The van der Waals surface area contributed by atoms with Crippen molar-refractivity contribution in [2.24, 2.45) is 11.7 Å². The molecule has 0 aliphatic rings. The van der Waals surface area contributed by atoms with E-state index in [-0.39, 0.29) is 17.9 Å². The number of nitrogens with one attached hydrogen (secondary N) is 1. The molecule has 108 valence electrons. The van der Waals surface area contributed by atoms with Crippen LogP contribution in [0.3, 0.4) is 0 Å². The van der Waals surface area contributed by atoms with Crippen LogP contribution in [0.5, 0.6) is 0 Å². The van der Waals surface area contributed by atoms with E-state index in [9.17, 15) is 4.79 Å². The number of nitrogens with two attached hydrogens (primary N) is 1. The molecule has 0 saturated carbocycles. The monoisotopic (exact) mass is 283 g/mol. The van der Waals surface area contributed by atoms with Gasteiger partial charge in [0, 0.05) is 11.4 Å².